The predicted octanol–water partition coefficient (Wildman–Crippen LogP) is 0.708. The molecule has 98 valence electrons. The number of aromatic nitrogens is 2. The molecule has 0 radical (unpaired) electrons. The Kier molecular flexibility index (Phi) is 5.39. The van der Waals surface area contributed by atoms with Gasteiger partial charge in [-0.3, -0.25) is 16.0 Å². The summed E-state index contributed by atoms with van der Waals surface area (Å²) in [7, 11) is 5.95. The van der Waals surface area contributed by atoms with Gasteiger partial charge in [-0.2, -0.15) is 5.10 Å². The number of hydrogen-bond donors (Lipinski definition) is 2. The number of hydrazine groups is 1. The summed E-state index contributed by atoms with van der Waals surface area (Å²) in [6, 6.07) is 0.220. The molecule has 3 N–H and O–H groups in total. The number of nitrogens with zero attached hydrogens (tertiary/aromatic N) is 3. The van der Waals surface area contributed by atoms with E-state index in [-0.39, 0.29) is 6.04 Å². The maximum Gasteiger partial charge on any atom is 0.130 e. The van der Waals surface area contributed by atoms with Crippen molar-refractivity contribution in [2.24, 2.45) is 12.9 Å². The lowest BCUT2D eigenvalue weighted by Gasteiger charge is -2.18. The third-order valence-corrected chi connectivity index (χ3v) is 3.35. The van der Waals surface area contributed by atoms with Crippen LogP contribution in [0.15, 0.2) is 0 Å². The van der Waals surface area contributed by atoms with Crippen molar-refractivity contribution < 1.29 is 0 Å². The summed E-state index contributed by atoms with van der Waals surface area (Å²) >= 11 is 6.20. The van der Waals surface area contributed by atoms with Crippen molar-refractivity contribution in [1.82, 2.24) is 20.1 Å². The van der Waals surface area contributed by atoms with Gasteiger partial charge in [0, 0.05) is 18.7 Å². The van der Waals surface area contributed by atoms with E-state index in [0.29, 0.717) is 5.15 Å². The molecule has 0 aliphatic heterocycles. The summed E-state index contributed by atoms with van der Waals surface area (Å²) in [5, 5.41) is 5.00. The molecule has 1 aromatic rings. The molecule has 0 amide bonds. The van der Waals surface area contributed by atoms with Crippen molar-refractivity contribution in [3.05, 3.63) is 16.4 Å². The van der Waals surface area contributed by atoms with Gasteiger partial charge >= 0.3 is 0 Å². The fraction of sp³-hybridized carbons (Fsp3) is 0.727. The van der Waals surface area contributed by atoms with E-state index in [1.54, 1.807) is 4.68 Å². The monoisotopic (exact) mass is 259 g/mol. The Morgan fingerprint density at radius 3 is 2.59 bits per heavy atom. The highest BCUT2D eigenvalue weighted by atomic mass is 35.5. The number of rotatable bonds is 6. The van der Waals surface area contributed by atoms with Gasteiger partial charge in [-0.25, -0.2) is 0 Å². The molecule has 0 spiro atoms. The first kappa shape index (κ1) is 14.4. The molecule has 0 aromatic carbocycles. The second-order valence-corrected chi connectivity index (χ2v) is 5.00. The highest BCUT2D eigenvalue weighted by Crippen LogP contribution is 2.20. The molecular formula is C11H22ClN5. The van der Waals surface area contributed by atoms with Gasteiger partial charge in [-0.1, -0.05) is 11.6 Å². The van der Waals surface area contributed by atoms with E-state index in [1.807, 2.05) is 14.0 Å². The zero-order valence-electron chi connectivity index (χ0n) is 11.0. The van der Waals surface area contributed by atoms with Crippen LogP contribution in [-0.4, -0.2) is 41.4 Å². The number of nitrogens with one attached hydrogen (secondary N) is 1. The highest BCUT2D eigenvalue weighted by molar-refractivity contribution is 6.30. The smallest absolute Gasteiger partial charge is 0.130 e. The lowest BCUT2D eigenvalue weighted by molar-refractivity contribution is 0.358. The van der Waals surface area contributed by atoms with E-state index in [0.717, 1.165) is 30.6 Å². The first-order valence-electron chi connectivity index (χ1n) is 5.74. The first-order valence-corrected chi connectivity index (χ1v) is 6.12. The van der Waals surface area contributed by atoms with E-state index in [9.17, 15) is 0 Å². The lowest BCUT2D eigenvalue weighted by Crippen LogP contribution is -2.39. The Balaban J connectivity index is 2.67. The average Bonchev–Trinajstić information content (AvgIpc) is 2.49. The van der Waals surface area contributed by atoms with Crippen LogP contribution >= 0.6 is 11.6 Å². The van der Waals surface area contributed by atoms with Crippen molar-refractivity contribution in [1.29, 1.82) is 0 Å². The SMILES string of the molecule is Cc1nn(C)c(Cl)c1CC(CCN(C)C)NN. The van der Waals surface area contributed by atoms with Crippen LogP contribution in [0.4, 0.5) is 0 Å². The van der Waals surface area contributed by atoms with Crippen LogP contribution in [0.1, 0.15) is 17.7 Å². The summed E-state index contributed by atoms with van der Waals surface area (Å²) in [6.07, 6.45) is 1.79. The molecule has 6 heteroatoms. The number of halogens is 1. The maximum absolute atomic E-state index is 6.20. The summed E-state index contributed by atoms with van der Waals surface area (Å²) in [4.78, 5) is 2.14. The van der Waals surface area contributed by atoms with Crippen LogP contribution in [0.25, 0.3) is 0 Å². The zero-order chi connectivity index (χ0) is 13.0. The van der Waals surface area contributed by atoms with Crippen LogP contribution in [0.2, 0.25) is 5.15 Å². The van der Waals surface area contributed by atoms with Crippen LogP contribution in [0, 0.1) is 6.92 Å². The van der Waals surface area contributed by atoms with Gasteiger partial charge in [0.1, 0.15) is 5.15 Å². The topological polar surface area (TPSA) is 59.1 Å². The Labute approximate surface area is 108 Å². The molecule has 0 saturated heterocycles. The molecule has 0 fully saturated rings. The molecule has 5 nitrogen and oxygen atoms in total. The Morgan fingerprint density at radius 2 is 2.18 bits per heavy atom. The van der Waals surface area contributed by atoms with E-state index >= 15 is 0 Å². The fourth-order valence-corrected chi connectivity index (χ4v) is 2.06. The summed E-state index contributed by atoms with van der Waals surface area (Å²) in [5.74, 6) is 5.57. The van der Waals surface area contributed by atoms with Crippen molar-refractivity contribution in [2.45, 2.75) is 25.8 Å². The van der Waals surface area contributed by atoms with Crippen LogP contribution in [0.5, 0.6) is 0 Å². The minimum atomic E-state index is 0.220. The minimum absolute atomic E-state index is 0.220. The predicted molar refractivity (Wildman–Crippen MR) is 70.9 cm³/mol. The molecule has 1 unspecified atom stereocenters. The average molecular weight is 260 g/mol. The van der Waals surface area contributed by atoms with E-state index < -0.39 is 0 Å². The van der Waals surface area contributed by atoms with E-state index in [1.165, 1.54) is 0 Å². The molecule has 1 heterocycles. The van der Waals surface area contributed by atoms with Gasteiger partial charge in [0.2, 0.25) is 0 Å². The zero-order valence-corrected chi connectivity index (χ0v) is 11.8. The van der Waals surface area contributed by atoms with Crippen molar-refractivity contribution in [3.8, 4) is 0 Å². The molecule has 1 atom stereocenters. The number of aryl methyl sites for hydroxylation is 2. The van der Waals surface area contributed by atoms with Crippen LogP contribution in [-0.2, 0) is 13.5 Å². The maximum atomic E-state index is 6.20. The van der Waals surface area contributed by atoms with Crippen molar-refractivity contribution in [3.63, 3.8) is 0 Å². The van der Waals surface area contributed by atoms with Crippen LogP contribution in [0.3, 0.4) is 0 Å². The molecule has 0 saturated carbocycles. The molecule has 0 aliphatic carbocycles. The molecule has 17 heavy (non-hydrogen) atoms. The molecule has 0 bridgehead atoms. The normalized spacial score (nSPS) is 13.4. The standard InChI is InChI=1S/C11H22ClN5/c1-8-10(11(12)17(4)15-8)7-9(14-13)5-6-16(2)3/h9,14H,5-7,13H2,1-4H3. The lowest BCUT2D eigenvalue weighted by atomic mass is 10.0. The van der Waals surface area contributed by atoms with Gasteiger partial charge in [0.05, 0.1) is 5.69 Å². The number of nitrogens with two attached hydrogens (primary N) is 1. The van der Waals surface area contributed by atoms with E-state index in [4.69, 9.17) is 17.4 Å². The molecule has 1 aromatic heterocycles. The van der Waals surface area contributed by atoms with E-state index in [2.05, 4.69) is 29.5 Å². The third-order valence-electron chi connectivity index (χ3n) is 2.88. The van der Waals surface area contributed by atoms with Crippen LogP contribution < -0.4 is 11.3 Å². The van der Waals surface area contributed by atoms with Crippen molar-refractivity contribution >= 4 is 11.6 Å². The fourth-order valence-electron chi connectivity index (χ4n) is 1.81. The van der Waals surface area contributed by atoms with Crippen molar-refractivity contribution in [2.75, 3.05) is 20.6 Å². The third kappa shape index (κ3) is 3.96. The van der Waals surface area contributed by atoms with Gasteiger partial charge < -0.3 is 4.90 Å². The van der Waals surface area contributed by atoms with Gasteiger partial charge in [0.25, 0.3) is 0 Å². The Morgan fingerprint density at radius 1 is 1.53 bits per heavy atom. The van der Waals surface area contributed by atoms with Gasteiger partial charge in [0.15, 0.2) is 0 Å². The van der Waals surface area contributed by atoms with Gasteiger partial charge in [-0.15, -0.1) is 0 Å². The first-order chi connectivity index (χ1) is 7.95. The second kappa shape index (κ2) is 6.35. The summed E-state index contributed by atoms with van der Waals surface area (Å²) < 4.78 is 1.70. The Bertz CT molecular complexity index is 361. The summed E-state index contributed by atoms with van der Waals surface area (Å²) in [6.45, 7) is 2.96. The minimum Gasteiger partial charge on any atom is -0.309 e. The largest absolute Gasteiger partial charge is 0.309 e. The summed E-state index contributed by atoms with van der Waals surface area (Å²) in [5.41, 5.74) is 4.90. The van der Waals surface area contributed by atoms with Gasteiger partial charge in [-0.05, 0) is 40.4 Å². The quantitative estimate of drug-likeness (QED) is 0.584. The second-order valence-electron chi connectivity index (χ2n) is 4.64. The highest BCUT2D eigenvalue weighted by Gasteiger charge is 2.16. The Hall–Kier alpha value is -0.620. The molecule has 1 rings (SSSR count). The number of hydrogen-bond acceptors (Lipinski definition) is 4. The molecular weight excluding hydrogens is 238 g/mol. The molecule has 0 aliphatic rings.